The summed E-state index contributed by atoms with van der Waals surface area (Å²) < 4.78 is 27.9. The molecule has 2 aliphatic heterocycles. The van der Waals surface area contributed by atoms with Gasteiger partial charge in [-0.15, -0.1) is 0 Å². The Morgan fingerprint density at radius 2 is 2.09 bits per heavy atom. The van der Waals surface area contributed by atoms with Crippen LogP contribution in [-0.2, 0) is 10.0 Å². The Kier molecular flexibility index (Phi) is 3.63. The molecule has 122 valence electrons. The summed E-state index contributed by atoms with van der Waals surface area (Å²) in [6.07, 6.45) is 4.00. The fraction of sp³-hybridized carbons (Fsp3) is 0.471. The molecule has 0 saturated carbocycles. The average molecular weight is 331 g/mol. The molecular weight excluding hydrogens is 310 g/mol. The summed E-state index contributed by atoms with van der Waals surface area (Å²) in [7, 11) is -3.50. The molecule has 0 aliphatic carbocycles. The lowest BCUT2D eigenvalue weighted by Crippen LogP contribution is -2.51. The first kappa shape index (κ1) is 15.1. The zero-order valence-corrected chi connectivity index (χ0v) is 14.1. The monoisotopic (exact) mass is 331 g/mol. The molecule has 1 aromatic carbocycles. The highest BCUT2D eigenvalue weighted by atomic mass is 32.2. The molecule has 2 fully saturated rings. The fourth-order valence-corrected chi connectivity index (χ4v) is 5.40. The SMILES string of the molecule is Cc1cnc2c(S(=O)(=O)N3CCN4CCC[C@@H]4C3)cccc2c1. The van der Waals surface area contributed by atoms with Crippen LogP contribution < -0.4 is 0 Å². The Labute approximate surface area is 137 Å². The standard InChI is InChI=1S/C17H21N3O2S/c1-13-10-14-4-2-6-16(17(14)18-11-13)23(21,22)20-9-8-19-7-3-5-15(19)12-20/h2,4,6,10-11,15H,3,5,7-9,12H2,1H3/t15-/m1/s1. The number of hydrogen-bond acceptors (Lipinski definition) is 4. The lowest BCUT2D eigenvalue weighted by molar-refractivity contribution is 0.158. The van der Waals surface area contributed by atoms with Gasteiger partial charge in [-0.3, -0.25) is 9.88 Å². The van der Waals surface area contributed by atoms with Crippen molar-refractivity contribution in [3.8, 4) is 0 Å². The molecule has 3 heterocycles. The summed E-state index contributed by atoms with van der Waals surface area (Å²) >= 11 is 0. The van der Waals surface area contributed by atoms with Crippen LogP contribution in [0.25, 0.3) is 10.9 Å². The number of sulfonamides is 1. The average Bonchev–Trinajstić information content (AvgIpc) is 3.01. The first-order chi connectivity index (χ1) is 11.1. The molecule has 0 bridgehead atoms. The normalized spacial score (nSPS) is 23.3. The van der Waals surface area contributed by atoms with E-state index in [0.29, 0.717) is 29.5 Å². The van der Waals surface area contributed by atoms with E-state index in [9.17, 15) is 8.42 Å². The molecule has 0 unspecified atom stereocenters. The molecule has 5 nitrogen and oxygen atoms in total. The van der Waals surface area contributed by atoms with Crippen LogP contribution in [-0.4, -0.2) is 54.8 Å². The van der Waals surface area contributed by atoms with Gasteiger partial charge in [-0.2, -0.15) is 4.31 Å². The molecule has 2 saturated heterocycles. The van der Waals surface area contributed by atoms with Crippen LogP contribution in [0.5, 0.6) is 0 Å². The van der Waals surface area contributed by atoms with Crippen molar-refractivity contribution in [3.63, 3.8) is 0 Å². The van der Waals surface area contributed by atoms with Crippen molar-refractivity contribution < 1.29 is 8.42 Å². The number of fused-ring (bicyclic) bond motifs is 2. The van der Waals surface area contributed by atoms with Gasteiger partial charge in [0.05, 0.1) is 5.52 Å². The minimum atomic E-state index is -3.50. The molecule has 1 atom stereocenters. The molecule has 2 aliphatic rings. The maximum Gasteiger partial charge on any atom is 0.245 e. The van der Waals surface area contributed by atoms with Crippen molar-refractivity contribution in [2.75, 3.05) is 26.2 Å². The van der Waals surface area contributed by atoms with Crippen LogP contribution in [0.4, 0.5) is 0 Å². The van der Waals surface area contributed by atoms with E-state index in [1.165, 1.54) is 6.42 Å². The highest BCUT2D eigenvalue weighted by Gasteiger charge is 2.36. The Morgan fingerprint density at radius 1 is 1.22 bits per heavy atom. The molecule has 0 spiro atoms. The van der Waals surface area contributed by atoms with E-state index in [1.807, 2.05) is 25.1 Å². The summed E-state index contributed by atoms with van der Waals surface area (Å²) in [5.41, 5.74) is 1.61. The Hall–Kier alpha value is -1.50. The van der Waals surface area contributed by atoms with Gasteiger partial charge in [0.25, 0.3) is 0 Å². The zero-order chi connectivity index (χ0) is 16.0. The van der Waals surface area contributed by atoms with Gasteiger partial charge in [0.2, 0.25) is 10.0 Å². The minimum Gasteiger partial charge on any atom is -0.298 e. The molecule has 4 rings (SSSR count). The van der Waals surface area contributed by atoms with Crippen LogP contribution in [0.1, 0.15) is 18.4 Å². The Balaban J connectivity index is 1.74. The maximum atomic E-state index is 13.1. The van der Waals surface area contributed by atoms with Gasteiger partial charge < -0.3 is 0 Å². The second-order valence-electron chi connectivity index (χ2n) is 6.54. The molecule has 23 heavy (non-hydrogen) atoms. The largest absolute Gasteiger partial charge is 0.298 e. The summed E-state index contributed by atoms with van der Waals surface area (Å²) in [5.74, 6) is 0. The van der Waals surface area contributed by atoms with Crippen LogP contribution in [0.2, 0.25) is 0 Å². The van der Waals surface area contributed by atoms with Crippen LogP contribution in [0, 0.1) is 6.92 Å². The van der Waals surface area contributed by atoms with E-state index in [0.717, 1.165) is 30.5 Å². The molecule has 0 amide bonds. The molecule has 1 aromatic heterocycles. The molecule has 2 aromatic rings. The summed E-state index contributed by atoms with van der Waals surface area (Å²) in [5, 5.41) is 0.880. The van der Waals surface area contributed by atoms with Crippen molar-refractivity contribution in [1.29, 1.82) is 0 Å². The minimum absolute atomic E-state index is 0.335. The number of aromatic nitrogens is 1. The number of pyridine rings is 1. The second kappa shape index (κ2) is 5.54. The number of rotatable bonds is 2. The maximum absolute atomic E-state index is 13.1. The van der Waals surface area contributed by atoms with E-state index in [4.69, 9.17) is 0 Å². The van der Waals surface area contributed by atoms with E-state index in [1.54, 1.807) is 16.6 Å². The lowest BCUT2D eigenvalue weighted by Gasteiger charge is -2.36. The van der Waals surface area contributed by atoms with E-state index >= 15 is 0 Å². The second-order valence-corrected chi connectivity index (χ2v) is 8.44. The van der Waals surface area contributed by atoms with E-state index in [2.05, 4.69) is 9.88 Å². The Bertz CT molecular complexity index is 850. The molecular formula is C17H21N3O2S. The van der Waals surface area contributed by atoms with Gasteiger partial charge in [0.15, 0.2) is 0 Å². The van der Waals surface area contributed by atoms with Crippen molar-refractivity contribution in [2.24, 2.45) is 0 Å². The van der Waals surface area contributed by atoms with Crippen molar-refractivity contribution in [3.05, 3.63) is 36.0 Å². The smallest absolute Gasteiger partial charge is 0.245 e. The van der Waals surface area contributed by atoms with Crippen molar-refractivity contribution >= 4 is 20.9 Å². The fourth-order valence-electron chi connectivity index (χ4n) is 3.77. The number of benzene rings is 1. The Morgan fingerprint density at radius 3 is 2.96 bits per heavy atom. The van der Waals surface area contributed by atoms with Crippen molar-refractivity contribution in [2.45, 2.75) is 30.7 Å². The van der Waals surface area contributed by atoms with Crippen LogP contribution >= 0.6 is 0 Å². The number of nitrogens with zero attached hydrogens (tertiary/aromatic N) is 3. The van der Waals surface area contributed by atoms with Gasteiger partial charge in [-0.25, -0.2) is 8.42 Å². The molecule has 0 radical (unpaired) electrons. The zero-order valence-electron chi connectivity index (χ0n) is 13.3. The lowest BCUT2D eigenvalue weighted by atomic mass is 10.2. The van der Waals surface area contributed by atoms with Crippen molar-refractivity contribution in [1.82, 2.24) is 14.2 Å². The highest BCUT2D eigenvalue weighted by Crippen LogP contribution is 2.29. The summed E-state index contributed by atoms with van der Waals surface area (Å²) in [6, 6.07) is 7.77. The quantitative estimate of drug-likeness (QED) is 0.845. The van der Waals surface area contributed by atoms with Gasteiger partial charge in [0.1, 0.15) is 4.90 Å². The van der Waals surface area contributed by atoms with Gasteiger partial charge in [-0.1, -0.05) is 12.1 Å². The van der Waals surface area contributed by atoms with Gasteiger partial charge >= 0.3 is 0 Å². The van der Waals surface area contributed by atoms with E-state index in [-0.39, 0.29) is 0 Å². The highest BCUT2D eigenvalue weighted by molar-refractivity contribution is 7.89. The van der Waals surface area contributed by atoms with Gasteiger partial charge in [0, 0.05) is 37.3 Å². The third kappa shape index (κ3) is 2.55. The summed E-state index contributed by atoms with van der Waals surface area (Å²) in [4.78, 5) is 7.14. The predicted octanol–water partition coefficient (Wildman–Crippen LogP) is 2.01. The number of para-hydroxylation sites is 1. The number of piperazine rings is 1. The van der Waals surface area contributed by atoms with Crippen LogP contribution in [0.15, 0.2) is 35.4 Å². The third-order valence-corrected chi connectivity index (χ3v) is 6.88. The number of aryl methyl sites for hydroxylation is 1. The predicted molar refractivity (Wildman–Crippen MR) is 89.8 cm³/mol. The first-order valence-corrected chi connectivity index (χ1v) is 9.59. The molecule has 0 N–H and O–H groups in total. The molecule has 6 heteroatoms. The van der Waals surface area contributed by atoms with Crippen LogP contribution in [0.3, 0.4) is 0 Å². The van der Waals surface area contributed by atoms with E-state index < -0.39 is 10.0 Å². The van der Waals surface area contributed by atoms with Gasteiger partial charge in [-0.05, 0) is 44.0 Å². The topological polar surface area (TPSA) is 53.5 Å². The third-order valence-electron chi connectivity index (χ3n) is 4.98. The number of hydrogen-bond donors (Lipinski definition) is 0. The first-order valence-electron chi connectivity index (χ1n) is 8.15. The summed E-state index contributed by atoms with van der Waals surface area (Å²) in [6.45, 7) is 5.08.